The molecule has 0 aromatic heterocycles. The molecule has 24 heavy (non-hydrogen) atoms. The molecule has 0 fully saturated rings. The molecule has 0 aliphatic heterocycles. The lowest BCUT2D eigenvalue weighted by Gasteiger charge is -2.10. The quantitative estimate of drug-likeness (QED) is 0.625. The molecule has 0 radical (unpaired) electrons. The van der Waals surface area contributed by atoms with Gasteiger partial charge in [0.25, 0.3) is 0 Å². The molecule has 0 spiro atoms. The fraction of sp³-hybridized carbons (Fsp3) is 0.167. The molecule has 0 unspecified atom stereocenters. The molecule has 0 bridgehead atoms. The van der Waals surface area contributed by atoms with Crippen LogP contribution in [0.15, 0.2) is 72.8 Å². The molecule has 0 saturated carbocycles. The molecule has 3 aromatic carbocycles. The van der Waals surface area contributed by atoms with Crippen molar-refractivity contribution in [1.29, 1.82) is 0 Å². The molecule has 3 aromatic rings. The lowest BCUT2D eigenvalue weighted by atomic mass is 9.94. The van der Waals surface area contributed by atoms with Gasteiger partial charge in [-0.05, 0) is 41.0 Å². The summed E-state index contributed by atoms with van der Waals surface area (Å²) in [4.78, 5) is 0. The van der Waals surface area contributed by atoms with E-state index >= 15 is 0 Å². The highest BCUT2D eigenvalue weighted by Gasteiger charge is 2.06. The molecule has 0 nitrogen and oxygen atoms in total. The molecule has 122 valence electrons. The maximum Gasteiger partial charge on any atom is -0.00389 e. The second-order valence-corrected chi connectivity index (χ2v) is 5.80. The Labute approximate surface area is 145 Å². The van der Waals surface area contributed by atoms with Crippen molar-refractivity contribution in [3.05, 3.63) is 105 Å². The van der Waals surface area contributed by atoms with Crippen molar-refractivity contribution < 1.29 is 0 Å². The van der Waals surface area contributed by atoms with Gasteiger partial charge in [-0.1, -0.05) is 104 Å². The SMILES string of the molecule is C=c1ccc(=C(c2ccc(C)cc2)c2ccc(C)cc2)cc1.CC. The molecule has 0 amide bonds. The van der Waals surface area contributed by atoms with Crippen LogP contribution < -0.4 is 10.4 Å². The second kappa shape index (κ2) is 8.31. The lowest BCUT2D eigenvalue weighted by Crippen LogP contribution is -2.11. The topological polar surface area (TPSA) is 0 Å². The van der Waals surface area contributed by atoms with Crippen molar-refractivity contribution in [3.63, 3.8) is 0 Å². The van der Waals surface area contributed by atoms with Crippen molar-refractivity contribution in [2.45, 2.75) is 27.7 Å². The number of aryl methyl sites for hydroxylation is 2. The highest BCUT2D eigenvalue weighted by molar-refractivity contribution is 5.79. The predicted molar refractivity (Wildman–Crippen MR) is 107 cm³/mol. The fourth-order valence-corrected chi connectivity index (χ4v) is 2.61. The molecule has 0 atom stereocenters. The zero-order valence-corrected chi connectivity index (χ0v) is 15.1. The summed E-state index contributed by atoms with van der Waals surface area (Å²) in [6, 6.07) is 25.9. The number of hydrogen-bond donors (Lipinski definition) is 0. The summed E-state index contributed by atoms with van der Waals surface area (Å²) in [7, 11) is 0. The van der Waals surface area contributed by atoms with E-state index in [1.165, 1.54) is 33.0 Å². The summed E-state index contributed by atoms with van der Waals surface area (Å²) in [5, 5.41) is 2.26. The van der Waals surface area contributed by atoms with Crippen molar-refractivity contribution in [3.8, 4) is 0 Å². The molecule has 0 heteroatoms. The van der Waals surface area contributed by atoms with Gasteiger partial charge in [-0.3, -0.25) is 0 Å². The Morgan fingerprint density at radius 1 is 0.583 bits per heavy atom. The summed E-state index contributed by atoms with van der Waals surface area (Å²) in [5.41, 5.74) is 6.30. The molecule has 0 heterocycles. The minimum Gasteiger partial charge on any atom is -0.0918 e. The maximum absolute atomic E-state index is 3.98. The molecule has 0 aliphatic rings. The van der Waals surface area contributed by atoms with Gasteiger partial charge >= 0.3 is 0 Å². The third-order valence-electron chi connectivity index (χ3n) is 3.92. The summed E-state index contributed by atoms with van der Waals surface area (Å²) in [5.74, 6) is 0. The predicted octanol–water partition coefficient (Wildman–Crippen LogP) is 4.99. The van der Waals surface area contributed by atoms with Crippen molar-refractivity contribution >= 4 is 12.2 Å². The van der Waals surface area contributed by atoms with E-state index in [1.807, 2.05) is 13.8 Å². The average molecular weight is 314 g/mol. The first-order chi connectivity index (χ1) is 11.6. The first kappa shape index (κ1) is 17.7. The van der Waals surface area contributed by atoms with Crippen LogP contribution in [0.25, 0.3) is 12.2 Å². The number of benzene rings is 3. The van der Waals surface area contributed by atoms with E-state index in [0.29, 0.717) is 0 Å². The molecule has 0 N–H and O–H groups in total. The van der Waals surface area contributed by atoms with Gasteiger partial charge in [0.05, 0.1) is 0 Å². The van der Waals surface area contributed by atoms with Crippen molar-refractivity contribution in [1.82, 2.24) is 0 Å². The summed E-state index contributed by atoms with van der Waals surface area (Å²) in [6.07, 6.45) is 0. The highest BCUT2D eigenvalue weighted by Crippen LogP contribution is 2.21. The third kappa shape index (κ3) is 4.23. The van der Waals surface area contributed by atoms with Crippen LogP contribution in [0.2, 0.25) is 0 Å². The van der Waals surface area contributed by atoms with Crippen LogP contribution in [-0.2, 0) is 0 Å². The first-order valence-corrected chi connectivity index (χ1v) is 8.57. The van der Waals surface area contributed by atoms with E-state index < -0.39 is 0 Å². The van der Waals surface area contributed by atoms with Gasteiger partial charge in [0.1, 0.15) is 0 Å². The van der Waals surface area contributed by atoms with Crippen molar-refractivity contribution in [2.75, 3.05) is 0 Å². The van der Waals surface area contributed by atoms with Crippen molar-refractivity contribution in [2.24, 2.45) is 0 Å². The largest absolute Gasteiger partial charge is 0.0918 e. The van der Waals surface area contributed by atoms with Gasteiger partial charge in [0.2, 0.25) is 0 Å². The molecule has 0 aliphatic carbocycles. The standard InChI is InChI=1S/C22H20.C2H6/c1-16-4-10-19(11-5-16)22(20-12-6-17(2)7-13-20)21-14-8-18(3)9-15-21;1-2/h4-15H,1H2,2-3H3;1-2H3. The van der Waals surface area contributed by atoms with Crippen LogP contribution in [-0.4, -0.2) is 0 Å². The second-order valence-electron chi connectivity index (χ2n) is 5.80. The summed E-state index contributed by atoms with van der Waals surface area (Å²) in [6.45, 7) is 12.2. The lowest BCUT2D eigenvalue weighted by molar-refractivity contribution is 1.41. The zero-order valence-electron chi connectivity index (χ0n) is 15.1. The van der Waals surface area contributed by atoms with E-state index in [9.17, 15) is 0 Å². The van der Waals surface area contributed by atoms with Crippen LogP contribution in [0.3, 0.4) is 0 Å². The molecular weight excluding hydrogens is 288 g/mol. The minimum atomic E-state index is 1.04. The Morgan fingerprint density at radius 3 is 1.33 bits per heavy atom. The Kier molecular flexibility index (Phi) is 6.14. The van der Waals surface area contributed by atoms with Gasteiger partial charge < -0.3 is 0 Å². The van der Waals surface area contributed by atoms with Gasteiger partial charge in [-0.2, -0.15) is 0 Å². The first-order valence-electron chi connectivity index (χ1n) is 8.57. The van der Waals surface area contributed by atoms with Gasteiger partial charge in [-0.25, -0.2) is 0 Å². The molecule has 3 rings (SSSR count). The Morgan fingerprint density at radius 2 is 0.958 bits per heavy atom. The maximum atomic E-state index is 3.98. The average Bonchev–Trinajstić information content (AvgIpc) is 2.62. The smallest absolute Gasteiger partial charge is 0.00389 e. The third-order valence-corrected chi connectivity index (χ3v) is 3.92. The summed E-state index contributed by atoms with van der Waals surface area (Å²) < 4.78 is 0. The van der Waals surface area contributed by atoms with E-state index in [1.54, 1.807) is 0 Å². The van der Waals surface area contributed by atoms with Gasteiger partial charge in [0, 0.05) is 0 Å². The van der Waals surface area contributed by atoms with Crippen LogP contribution in [0.5, 0.6) is 0 Å². The van der Waals surface area contributed by atoms with Gasteiger partial charge in [0.15, 0.2) is 0 Å². The number of hydrogen-bond acceptors (Lipinski definition) is 0. The number of rotatable bonds is 2. The summed E-state index contributed by atoms with van der Waals surface area (Å²) >= 11 is 0. The van der Waals surface area contributed by atoms with E-state index in [-0.39, 0.29) is 0 Å². The molecular formula is C24H26. The molecule has 0 saturated heterocycles. The van der Waals surface area contributed by atoms with E-state index in [2.05, 4.69) is 93.2 Å². The normalized spacial score (nSPS) is 9.83. The zero-order chi connectivity index (χ0) is 17.5. The van der Waals surface area contributed by atoms with Crippen LogP contribution >= 0.6 is 0 Å². The monoisotopic (exact) mass is 314 g/mol. The fourth-order valence-electron chi connectivity index (χ4n) is 2.61. The Bertz CT molecular complexity index is 811. The highest BCUT2D eigenvalue weighted by atomic mass is 14.1. The Hall–Kier alpha value is -2.60. The van der Waals surface area contributed by atoms with Gasteiger partial charge in [-0.15, -0.1) is 0 Å². The van der Waals surface area contributed by atoms with E-state index in [4.69, 9.17) is 0 Å². The minimum absolute atomic E-state index is 1.04. The van der Waals surface area contributed by atoms with Crippen LogP contribution in [0.1, 0.15) is 36.1 Å². The van der Waals surface area contributed by atoms with Crippen LogP contribution in [0.4, 0.5) is 0 Å². The van der Waals surface area contributed by atoms with Crippen LogP contribution in [0, 0.1) is 13.8 Å². The Balaban J connectivity index is 0.00000100. The van der Waals surface area contributed by atoms with E-state index in [0.717, 1.165) is 5.22 Å².